The fourth-order valence-corrected chi connectivity index (χ4v) is 1.59. The number of ketones is 1. The molecule has 0 atom stereocenters. The molecule has 0 heterocycles. The quantitative estimate of drug-likeness (QED) is 0.605. The summed E-state index contributed by atoms with van der Waals surface area (Å²) in [6, 6.07) is 6.72. The molecule has 102 valence electrons. The largest absolute Gasteiger partial charge is 0.480 e. The Balaban J connectivity index is 2.94. The van der Waals surface area contributed by atoms with E-state index in [2.05, 4.69) is 0 Å². The Morgan fingerprint density at radius 1 is 1.05 bits per heavy atom. The van der Waals surface area contributed by atoms with Gasteiger partial charge in [-0.25, -0.2) is 0 Å². The zero-order valence-corrected chi connectivity index (χ0v) is 10.8. The van der Waals surface area contributed by atoms with Crippen molar-refractivity contribution in [2.45, 2.75) is 26.7 Å². The van der Waals surface area contributed by atoms with Gasteiger partial charge in [0.25, 0.3) is 0 Å². The number of hydrogen-bond acceptors (Lipinski definition) is 3. The summed E-state index contributed by atoms with van der Waals surface area (Å²) in [5, 5.41) is 17.9. The topological polar surface area (TPSA) is 91.7 Å². The second kappa shape index (κ2) is 5.65. The van der Waals surface area contributed by atoms with Crippen molar-refractivity contribution in [2.75, 3.05) is 0 Å². The molecule has 0 aliphatic carbocycles. The molecule has 0 spiro atoms. The predicted octanol–water partition coefficient (Wildman–Crippen LogP) is 2.00. The molecule has 1 aromatic carbocycles. The van der Waals surface area contributed by atoms with Crippen molar-refractivity contribution in [2.24, 2.45) is 5.41 Å². The van der Waals surface area contributed by atoms with E-state index in [1.807, 2.05) is 6.92 Å². The van der Waals surface area contributed by atoms with Gasteiger partial charge in [0.05, 0.1) is 0 Å². The van der Waals surface area contributed by atoms with Crippen LogP contribution in [-0.4, -0.2) is 27.9 Å². The summed E-state index contributed by atoms with van der Waals surface area (Å²) >= 11 is 0. The lowest BCUT2D eigenvalue weighted by Crippen LogP contribution is -2.38. The predicted molar refractivity (Wildman–Crippen MR) is 68.1 cm³/mol. The lowest BCUT2D eigenvalue weighted by atomic mass is 9.83. The van der Waals surface area contributed by atoms with Crippen LogP contribution in [0.25, 0.3) is 0 Å². The number of carboxylic acids is 2. The number of carbonyl (C=O) groups is 3. The number of carbonyl (C=O) groups excluding carboxylic acids is 1. The van der Waals surface area contributed by atoms with Crippen molar-refractivity contribution in [3.05, 3.63) is 35.4 Å². The van der Waals surface area contributed by atoms with Gasteiger partial charge in [0.1, 0.15) is 0 Å². The number of rotatable bonds is 6. The van der Waals surface area contributed by atoms with Crippen molar-refractivity contribution in [1.82, 2.24) is 0 Å². The molecule has 5 heteroatoms. The Hall–Kier alpha value is -2.17. The first-order valence-electron chi connectivity index (χ1n) is 5.90. The fraction of sp³-hybridized carbons (Fsp3) is 0.357. The normalized spacial score (nSPS) is 11.1. The van der Waals surface area contributed by atoms with Gasteiger partial charge in [0, 0.05) is 12.0 Å². The zero-order chi connectivity index (χ0) is 14.6. The highest BCUT2D eigenvalue weighted by Gasteiger charge is 2.43. The molecule has 0 radical (unpaired) electrons. The van der Waals surface area contributed by atoms with E-state index in [-0.39, 0.29) is 0 Å². The molecule has 5 nitrogen and oxygen atoms in total. The minimum Gasteiger partial charge on any atom is -0.480 e. The molecular weight excluding hydrogens is 248 g/mol. The minimum atomic E-state index is -2.10. The number of carboxylic acid groups (broad SMARTS) is 2. The Morgan fingerprint density at radius 3 is 1.89 bits per heavy atom. The van der Waals surface area contributed by atoms with Crippen LogP contribution in [0, 0.1) is 5.41 Å². The van der Waals surface area contributed by atoms with Crippen molar-refractivity contribution in [1.29, 1.82) is 0 Å². The van der Waals surface area contributed by atoms with Crippen molar-refractivity contribution in [3.8, 4) is 0 Å². The van der Waals surface area contributed by atoms with Crippen LogP contribution < -0.4 is 0 Å². The Morgan fingerprint density at radius 2 is 1.53 bits per heavy atom. The molecular formula is C14H16O5. The summed E-state index contributed by atoms with van der Waals surface area (Å²) < 4.78 is 0. The summed E-state index contributed by atoms with van der Waals surface area (Å²) in [5.74, 6) is -3.52. The number of benzene rings is 1. The summed E-state index contributed by atoms with van der Waals surface area (Å²) in [5.41, 5.74) is -0.720. The van der Waals surface area contributed by atoms with E-state index in [1.165, 1.54) is 0 Å². The third-order valence-electron chi connectivity index (χ3n) is 3.14. The van der Waals surface area contributed by atoms with Gasteiger partial charge in [-0.1, -0.05) is 31.2 Å². The van der Waals surface area contributed by atoms with Gasteiger partial charge >= 0.3 is 11.9 Å². The van der Waals surface area contributed by atoms with Crippen LogP contribution in [0.2, 0.25) is 0 Å². The SMILES string of the molecule is CCc1ccc(C(=O)CC(C)(C(=O)O)C(=O)O)cc1. The Kier molecular flexibility index (Phi) is 4.43. The van der Waals surface area contributed by atoms with Crippen LogP contribution >= 0.6 is 0 Å². The molecule has 0 aliphatic heterocycles. The Bertz CT molecular complexity index is 487. The summed E-state index contributed by atoms with van der Waals surface area (Å²) in [4.78, 5) is 33.9. The first-order chi connectivity index (χ1) is 8.81. The maximum atomic E-state index is 11.9. The molecule has 0 unspecified atom stereocenters. The maximum absolute atomic E-state index is 11.9. The average Bonchev–Trinajstić information content (AvgIpc) is 2.38. The van der Waals surface area contributed by atoms with E-state index in [4.69, 9.17) is 10.2 Å². The summed E-state index contributed by atoms with van der Waals surface area (Å²) in [6.45, 7) is 3.01. The van der Waals surface area contributed by atoms with Gasteiger partial charge < -0.3 is 10.2 Å². The van der Waals surface area contributed by atoms with E-state index >= 15 is 0 Å². The van der Waals surface area contributed by atoms with E-state index in [9.17, 15) is 14.4 Å². The van der Waals surface area contributed by atoms with Gasteiger partial charge in [-0.05, 0) is 18.9 Å². The van der Waals surface area contributed by atoms with Gasteiger partial charge in [0.2, 0.25) is 0 Å². The number of aliphatic carboxylic acids is 2. The van der Waals surface area contributed by atoms with Gasteiger partial charge in [-0.2, -0.15) is 0 Å². The molecule has 0 aromatic heterocycles. The summed E-state index contributed by atoms with van der Waals surface area (Å²) in [7, 11) is 0. The van der Waals surface area contributed by atoms with E-state index in [1.54, 1.807) is 24.3 Å². The molecule has 1 aromatic rings. The molecule has 0 amide bonds. The van der Waals surface area contributed by atoms with Crippen LogP contribution in [-0.2, 0) is 16.0 Å². The Labute approximate surface area is 110 Å². The first-order valence-corrected chi connectivity index (χ1v) is 5.90. The second-order valence-corrected chi connectivity index (χ2v) is 4.59. The fourth-order valence-electron chi connectivity index (χ4n) is 1.59. The summed E-state index contributed by atoms with van der Waals surface area (Å²) in [6.07, 6.45) is 0.263. The van der Waals surface area contributed by atoms with Gasteiger partial charge in [-0.3, -0.25) is 14.4 Å². The third-order valence-corrected chi connectivity index (χ3v) is 3.14. The maximum Gasteiger partial charge on any atom is 0.321 e. The van der Waals surface area contributed by atoms with E-state index in [0.29, 0.717) is 5.56 Å². The van der Waals surface area contributed by atoms with Crippen molar-refractivity contribution < 1.29 is 24.6 Å². The number of hydrogen-bond donors (Lipinski definition) is 2. The van der Waals surface area contributed by atoms with Crippen LogP contribution in [0.15, 0.2) is 24.3 Å². The van der Waals surface area contributed by atoms with E-state index < -0.39 is 29.6 Å². The number of Topliss-reactive ketones (excluding diaryl/α,β-unsaturated/α-hetero) is 1. The second-order valence-electron chi connectivity index (χ2n) is 4.59. The molecule has 0 saturated heterocycles. The van der Waals surface area contributed by atoms with Crippen LogP contribution in [0.1, 0.15) is 36.2 Å². The molecule has 0 saturated carbocycles. The molecule has 1 rings (SSSR count). The van der Waals surface area contributed by atoms with Gasteiger partial charge in [-0.15, -0.1) is 0 Å². The molecule has 0 bridgehead atoms. The van der Waals surface area contributed by atoms with Crippen LogP contribution in [0.4, 0.5) is 0 Å². The average molecular weight is 264 g/mol. The zero-order valence-electron chi connectivity index (χ0n) is 10.8. The first kappa shape index (κ1) is 14.9. The highest BCUT2D eigenvalue weighted by molar-refractivity contribution is 6.06. The molecule has 19 heavy (non-hydrogen) atoms. The molecule has 0 aliphatic rings. The van der Waals surface area contributed by atoms with Crippen molar-refractivity contribution in [3.63, 3.8) is 0 Å². The highest BCUT2D eigenvalue weighted by Crippen LogP contribution is 2.24. The standard InChI is InChI=1S/C14H16O5/c1-3-9-4-6-10(7-5-9)11(15)8-14(2,12(16)17)13(18)19/h4-7H,3,8H2,1-2H3,(H,16,17)(H,18,19). The van der Waals surface area contributed by atoms with Crippen LogP contribution in [0.3, 0.4) is 0 Å². The van der Waals surface area contributed by atoms with Gasteiger partial charge in [0.15, 0.2) is 11.2 Å². The highest BCUT2D eigenvalue weighted by atomic mass is 16.4. The smallest absolute Gasteiger partial charge is 0.321 e. The monoisotopic (exact) mass is 264 g/mol. The number of aryl methyl sites for hydroxylation is 1. The minimum absolute atomic E-state index is 0.325. The third kappa shape index (κ3) is 3.19. The lowest BCUT2D eigenvalue weighted by Gasteiger charge is -2.18. The van der Waals surface area contributed by atoms with Crippen LogP contribution in [0.5, 0.6) is 0 Å². The lowest BCUT2D eigenvalue weighted by molar-refractivity contribution is -0.163. The molecule has 0 fully saturated rings. The van der Waals surface area contributed by atoms with E-state index in [0.717, 1.165) is 18.9 Å². The molecule has 2 N–H and O–H groups in total. The van der Waals surface area contributed by atoms with Crippen molar-refractivity contribution >= 4 is 17.7 Å².